The number of alkyl halides is 2. The topological polar surface area (TPSA) is 96.8 Å². The molecule has 0 aliphatic rings. The molecule has 0 atom stereocenters. The average molecular weight is 484 g/mol. The van der Waals surface area contributed by atoms with Gasteiger partial charge in [-0.25, -0.2) is 0 Å². The van der Waals surface area contributed by atoms with Crippen molar-refractivity contribution >= 4 is 51.0 Å². The van der Waals surface area contributed by atoms with Gasteiger partial charge in [0.1, 0.15) is 0 Å². The van der Waals surface area contributed by atoms with Crippen LogP contribution in [0.2, 0.25) is 0 Å². The van der Waals surface area contributed by atoms with Crippen molar-refractivity contribution in [3.63, 3.8) is 0 Å². The minimum atomic E-state index is -1.36. The molecule has 0 amide bonds. The van der Waals surface area contributed by atoms with Gasteiger partial charge in [0.05, 0.1) is 0 Å². The van der Waals surface area contributed by atoms with Crippen molar-refractivity contribution in [2.24, 2.45) is 0 Å². The molecule has 0 saturated heterocycles. The van der Waals surface area contributed by atoms with E-state index in [1.54, 1.807) is 12.1 Å². The predicted molar refractivity (Wildman–Crippen MR) is 116 cm³/mol. The van der Waals surface area contributed by atoms with E-state index in [1.807, 2.05) is 0 Å². The molecule has 0 spiro atoms. The molecule has 31 heavy (non-hydrogen) atoms. The predicted octanol–water partition coefficient (Wildman–Crippen LogP) is 3.82. The van der Waals surface area contributed by atoms with Crippen molar-refractivity contribution in [2.75, 3.05) is 25.0 Å². The Balaban J connectivity index is 1.70. The van der Waals surface area contributed by atoms with Crippen molar-refractivity contribution in [3.8, 4) is 11.5 Å². The van der Waals surface area contributed by atoms with Gasteiger partial charge in [-0.05, 0) is 0 Å². The van der Waals surface area contributed by atoms with Crippen molar-refractivity contribution in [1.82, 2.24) is 9.97 Å². The monoisotopic (exact) mass is 483 g/mol. The number of ether oxygens (including phenoxy) is 2. The van der Waals surface area contributed by atoms with E-state index < -0.39 is 27.8 Å². The molecule has 0 aliphatic carbocycles. The quantitative estimate of drug-likeness (QED) is 0.227. The Morgan fingerprint density at radius 1 is 0.742 bits per heavy atom. The van der Waals surface area contributed by atoms with Gasteiger partial charge in [-0.1, -0.05) is 0 Å². The van der Waals surface area contributed by atoms with Crippen molar-refractivity contribution in [1.29, 1.82) is 0 Å². The fourth-order valence-corrected chi connectivity index (χ4v) is 3.02. The number of nitrogens with zero attached hydrogens (tertiary/aromatic N) is 2. The molecule has 0 unspecified atom stereocenters. The molecular formula is C20H22AlCl2N2O6+. The van der Waals surface area contributed by atoms with Gasteiger partial charge < -0.3 is 0 Å². The van der Waals surface area contributed by atoms with Gasteiger partial charge in [0.25, 0.3) is 0 Å². The van der Waals surface area contributed by atoms with Crippen LogP contribution in [-0.4, -0.2) is 62.8 Å². The molecule has 11 heteroatoms. The number of carbonyl (C=O) groups excluding carboxylic acids is 2. The molecule has 2 heterocycles. The Kier molecular flexibility index (Phi) is 12.1. The van der Waals surface area contributed by atoms with Gasteiger partial charge in [-0.2, -0.15) is 0 Å². The van der Waals surface area contributed by atoms with E-state index in [0.717, 1.165) is 25.7 Å². The Hall–Kier alpha value is -2.05. The summed E-state index contributed by atoms with van der Waals surface area (Å²) in [5.41, 5.74) is 0.177. The Morgan fingerprint density at radius 2 is 1.19 bits per heavy atom. The van der Waals surface area contributed by atoms with E-state index in [-0.39, 0.29) is 11.4 Å². The third kappa shape index (κ3) is 9.75. The van der Waals surface area contributed by atoms with Crippen LogP contribution < -0.4 is 9.47 Å². The zero-order valence-electron chi connectivity index (χ0n) is 16.8. The molecule has 2 rings (SSSR count). The summed E-state index contributed by atoms with van der Waals surface area (Å²) in [6, 6.07) is 6.20. The number of rotatable bonds is 14. The molecular weight excluding hydrogens is 462 g/mol. The fourth-order valence-electron chi connectivity index (χ4n) is 2.18. The van der Waals surface area contributed by atoms with E-state index in [9.17, 15) is 9.59 Å². The first-order chi connectivity index (χ1) is 15.1. The molecule has 0 bridgehead atoms. The number of pyridine rings is 2. The van der Waals surface area contributed by atoms with E-state index >= 15 is 0 Å². The molecule has 8 nitrogen and oxygen atoms in total. The summed E-state index contributed by atoms with van der Waals surface area (Å²) in [5, 5.41) is 0. The van der Waals surface area contributed by atoms with E-state index in [4.69, 9.17) is 40.3 Å². The summed E-state index contributed by atoms with van der Waals surface area (Å²) in [5.74, 6) is 0.884. The second kappa shape index (κ2) is 14.9. The van der Waals surface area contributed by atoms with Gasteiger partial charge in [0.15, 0.2) is 0 Å². The maximum atomic E-state index is 12.0. The summed E-state index contributed by atoms with van der Waals surface area (Å²) in [4.78, 5) is 32.0. The van der Waals surface area contributed by atoms with Crippen LogP contribution in [0.5, 0.6) is 11.5 Å². The number of hydrogen-bond donors (Lipinski definition) is 0. The average Bonchev–Trinajstić information content (AvgIpc) is 2.80. The third-order valence-electron chi connectivity index (χ3n) is 3.79. The van der Waals surface area contributed by atoms with Crippen LogP contribution in [-0.2, 0) is 7.58 Å². The normalized spacial score (nSPS) is 10.1. The van der Waals surface area contributed by atoms with Crippen LogP contribution in [0, 0.1) is 0 Å². The number of hydrogen-bond acceptors (Lipinski definition) is 8. The Morgan fingerprint density at radius 3 is 1.55 bits per heavy atom. The zero-order valence-corrected chi connectivity index (χ0v) is 19.5. The second-order valence-electron chi connectivity index (χ2n) is 6.15. The first-order valence-electron chi connectivity index (χ1n) is 9.67. The summed E-state index contributed by atoms with van der Waals surface area (Å²) < 4.78 is 21.0. The summed E-state index contributed by atoms with van der Waals surface area (Å²) in [6.07, 6.45) is 6.26. The van der Waals surface area contributed by atoms with Crippen LogP contribution in [0.4, 0.5) is 0 Å². The molecule has 0 fully saturated rings. The Bertz CT molecular complexity index is 741. The summed E-state index contributed by atoms with van der Waals surface area (Å²) in [6.45, 7) is 1.04. The first-order valence-corrected chi connectivity index (χ1v) is 11.7. The molecule has 164 valence electrons. The number of aromatic nitrogens is 2. The molecule has 0 aliphatic heterocycles. The molecule has 0 radical (unpaired) electrons. The van der Waals surface area contributed by atoms with Crippen molar-refractivity contribution < 1.29 is 26.6 Å². The van der Waals surface area contributed by atoms with E-state index in [0.29, 0.717) is 36.5 Å². The van der Waals surface area contributed by atoms with E-state index in [2.05, 4.69) is 9.97 Å². The maximum absolute atomic E-state index is 12.0. The number of unbranched alkanes of at least 4 members (excludes halogenated alkanes) is 2. The van der Waals surface area contributed by atoms with Crippen molar-refractivity contribution in [2.45, 2.75) is 25.7 Å². The zero-order chi connectivity index (χ0) is 22.3. The van der Waals surface area contributed by atoms with E-state index in [1.165, 1.54) is 24.5 Å². The van der Waals surface area contributed by atoms with Gasteiger partial charge in [0.2, 0.25) is 0 Å². The van der Waals surface area contributed by atoms with Crippen LogP contribution >= 0.6 is 23.2 Å². The summed E-state index contributed by atoms with van der Waals surface area (Å²) in [7, 11) is 0. The molecule has 0 saturated carbocycles. The van der Waals surface area contributed by atoms with Crippen molar-refractivity contribution in [3.05, 3.63) is 48.0 Å². The number of halogens is 2. The van der Waals surface area contributed by atoms with Gasteiger partial charge >= 0.3 is 198 Å². The second-order valence-corrected chi connectivity index (χ2v) is 7.57. The van der Waals surface area contributed by atoms with Gasteiger partial charge in [-0.3, -0.25) is 0 Å². The van der Waals surface area contributed by atoms with Gasteiger partial charge in [0, 0.05) is 0 Å². The third-order valence-corrected chi connectivity index (χ3v) is 4.95. The van der Waals surface area contributed by atoms with Crippen LogP contribution in [0.25, 0.3) is 0 Å². The Labute approximate surface area is 197 Å². The first kappa shape index (κ1) is 25.2. The van der Waals surface area contributed by atoms with Crippen LogP contribution in [0.3, 0.4) is 0 Å². The molecule has 0 aromatic carbocycles. The minimum absolute atomic E-state index is 0.0884. The fraction of sp³-hybridized carbons (Fsp3) is 0.400. The molecule has 0 N–H and O–H groups in total. The molecule has 2 aromatic heterocycles. The van der Waals surface area contributed by atoms with Crippen LogP contribution in [0.15, 0.2) is 36.7 Å². The standard InChI is InChI=1S/2C10H12ClNO3.Al/c2*11-5-1-2-6-15-8-3-4-9(10(13)14)12-7-8;/h2*3-4,7H,1-2,5-6H2,(H,13,14);/q;;+3/p-2. The number of carbonyl (C=O) groups is 2. The summed E-state index contributed by atoms with van der Waals surface area (Å²) >= 11 is 9.85. The van der Waals surface area contributed by atoms with Crippen LogP contribution in [0.1, 0.15) is 46.7 Å². The SMILES string of the molecule is O=C([O][Al+][O]C(=O)c1ccc(OCCCCCl)cn1)c1ccc(OCCCCCl)cn1. The molecule has 2 aromatic rings. The van der Waals surface area contributed by atoms with Gasteiger partial charge in [-0.15, -0.1) is 0 Å².